The number of carbonyl (C=O) groups is 1. The third-order valence-electron chi connectivity index (χ3n) is 3.72. The standard InChI is InChI=1S/C15H19N3O2S/c1-3-20-10-4-5-11-12(8-10)21-15(17-11)18-14(19)13-9(2)6-7-16-13/h4-5,8-9,13,16H,3,6-7H2,1-2H3,(H,17,18,19). The van der Waals surface area contributed by atoms with Crippen molar-refractivity contribution < 1.29 is 9.53 Å². The van der Waals surface area contributed by atoms with E-state index in [0.717, 1.165) is 28.9 Å². The van der Waals surface area contributed by atoms with E-state index < -0.39 is 0 Å². The van der Waals surface area contributed by atoms with Gasteiger partial charge >= 0.3 is 0 Å². The summed E-state index contributed by atoms with van der Waals surface area (Å²) in [6, 6.07) is 5.67. The largest absolute Gasteiger partial charge is 0.494 e. The molecule has 112 valence electrons. The van der Waals surface area contributed by atoms with Gasteiger partial charge in [-0.05, 0) is 44.0 Å². The molecule has 5 nitrogen and oxygen atoms in total. The fraction of sp³-hybridized carbons (Fsp3) is 0.467. The van der Waals surface area contributed by atoms with E-state index in [4.69, 9.17) is 4.74 Å². The predicted molar refractivity (Wildman–Crippen MR) is 85.0 cm³/mol. The van der Waals surface area contributed by atoms with Gasteiger partial charge < -0.3 is 15.4 Å². The highest BCUT2D eigenvalue weighted by atomic mass is 32.1. The lowest BCUT2D eigenvalue weighted by atomic mass is 10.0. The second-order valence-corrected chi connectivity index (χ2v) is 6.30. The molecular formula is C15H19N3O2S. The maximum Gasteiger partial charge on any atom is 0.243 e. The Morgan fingerprint density at radius 3 is 3.14 bits per heavy atom. The van der Waals surface area contributed by atoms with Gasteiger partial charge in [0, 0.05) is 0 Å². The molecule has 0 radical (unpaired) electrons. The molecule has 1 aliphatic heterocycles. The topological polar surface area (TPSA) is 63.2 Å². The predicted octanol–water partition coefficient (Wildman–Crippen LogP) is 2.63. The Balaban J connectivity index is 1.76. The van der Waals surface area contributed by atoms with Gasteiger partial charge in [0.2, 0.25) is 5.91 Å². The summed E-state index contributed by atoms with van der Waals surface area (Å²) in [5, 5.41) is 6.79. The molecule has 3 rings (SSSR count). The maximum absolute atomic E-state index is 12.2. The van der Waals surface area contributed by atoms with Crippen LogP contribution in [-0.2, 0) is 4.79 Å². The molecule has 0 spiro atoms. The number of anilines is 1. The van der Waals surface area contributed by atoms with Crippen molar-refractivity contribution in [3.8, 4) is 5.75 Å². The first kappa shape index (κ1) is 14.3. The van der Waals surface area contributed by atoms with Crippen LogP contribution < -0.4 is 15.4 Å². The third-order valence-corrected chi connectivity index (χ3v) is 4.65. The summed E-state index contributed by atoms with van der Waals surface area (Å²) in [4.78, 5) is 16.7. The summed E-state index contributed by atoms with van der Waals surface area (Å²) >= 11 is 1.47. The van der Waals surface area contributed by atoms with Crippen molar-refractivity contribution >= 4 is 32.6 Å². The number of hydrogen-bond acceptors (Lipinski definition) is 5. The SMILES string of the molecule is CCOc1ccc2nc(NC(=O)C3NCCC3C)sc2c1. The highest BCUT2D eigenvalue weighted by molar-refractivity contribution is 7.22. The first-order valence-corrected chi connectivity index (χ1v) is 8.06. The second kappa shape index (κ2) is 5.99. The van der Waals surface area contributed by atoms with Crippen LogP contribution in [0.3, 0.4) is 0 Å². The van der Waals surface area contributed by atoms with Crippen molar-refractivity contribution in [1.29, 1.82) is 0 Å². The van der Waals surface area contributed by atoms with Gasteiger partial charge in [0.25, 0.3) is 0 Å². The Kier molecular flexibility index (Phi) is 4.07. The molecule has 1 aliphatic rings. The van der Waals surface area contributed by atoms with Crippen LogP contribution in [0.1, 0.15) is 20.3 Å². The molecular weight excluding hydrogens is 286 g/mol. The van der Waals surface area contributed by atoms with Crippen molar-refractivity contribution in [2.24, 2.45) is 5.92 Å². The number of thiazole rings is 1. The molecule has 1 saturated heterocycles. The summed E-state index contributed by atoms with van der Waals surface area (Å²) in [5.41, 5.74) is 0.881. The first-order chi connectivity index (χ1) is 10.2. The number of rotatable bonds is 4. The Hall–Kier alpha value is -1.66. The summed E-state index contributed by atoms with van der Waals surface area (Å²) in [5.74, 6) is 1.20. The van der Waals surface area contributed by atoms with E-state index in [1.807, 2.05) is 25.1 Å². The Morgan fingerprint density at radius 2 is 2.43 bits per heavy atom. The lowest BCUT2D eigenvalue weighted by Gasteiger charge is -2.13. The van der Waals surface area contributed by atoms with Crippen LogP contribution in [0.2, 0.25) is 0 Å². The number of ether oxygens (including phenoxy) is 1. The van der Waals surface area contributed by atoms with E-state index in [1.165, 1.54) is 11.3 Å². The first-order valence-electron chi connectivity index (χ1n) is 7.25. The van der Waals surface area contributed by atoms with Crippen LogP contribution in [0.4, 0.5) is 5.13 Å². The fourth-order valence-corrected chi connectivity index (χ4v) is 3.48. The smallest absolute Gasteiger partial charge is 0.243 e. The zero-order valence-electron chi connectivity index (χ0n) is 12.2. The molecule has 0 bridgehead atoms. The van der Waals surface area contributed by atoms with E-state index in [2.05, 4.69) is 22.5 Å². The number of carbonyl (C=O) groups excluding carboxylic acids is 1. The van der Waals surface area contributed by atoms with E-state index in [0.29, 0.717) is 17.7 Å². The normalized spacial score (nSPS) is 21.6. The van der Waals surface area contributed by atoms with E-state index in [1.54, 1.807) is 0 Å². The molecule has 2 unspecified atom stereocenters. The average molecular weight is 305 g/mol. The molecule has 0 aliphatic carbocycles. The molecule has 6 heteroatoms. The molecule has 1 fully saturated rings. The fourth-order valence-electron chi connectivity index (χ4n) is 2.58. The number of aromatic nitrogens is 1. The quantitative estimate of drug-likeness (QED) is 0.911. The zero-order valence-corrected chi connectivity index (χ0v) is 13.0. The van der Waals surface area contributed by atoms with Crippen molar-refractivity contribution in [1.82, 2.24) is 10.3 Å². The molecule has 21 heavy (non-hydrogen) atoms. The maximum atomic E-state index is 12.2. The summed E-state index contributed by atoms with van der Waals surface area (Å²) in [6.45, 7) is 5.59. The van der Waals surface area contributed by atoms with Crippen LogP contribution in [0.25, 0.3) is 10.2 Å². The molecule has 1 amide bonds. The number of nitrogens with zero attached hydrogens (tertiary/aromatic N) is 1. The van der Waals surface area contributed by atoms with Crippen molar-refractivity contribution in [2.45, 2.75) is 26.3 Å². The van der Waals surface area contributed by atoms with Crippen LogP contribution in [-0.4, -0.2) is 30.1 Å². The lowest BCUT2D eigenvalue weighted by molar-refractivity contribution is -0.118. The van der Waals surface area contributed by atoms with Gasteiger partial charge in [0.05, 0.1) is 22.9 Å². The van der Waals surface area contributed by atoms with Crippen LogP contribution >= 0.6 is 11.3 Å². The van der Waals surface area contributed by atoms with E-state index in [9.17, 15) is 4.79 Å². The third kappa shape index (κ3) is 3.01. The molecule has 1 aromatic carbocycles. The van der Waals surface area contributed by atoms with Crippen LogP contribution in [0, 0.1) is 5.92 Å². The van der Waals surface area contributed by atoms with Crippen LogP contribution in [0.15, 0.2) is 18.2 Å². The summed E-state index contributed by atoms with van der Waals surface area (Å²) < 4.78 is 6.50. The van der Waals surface area contributed by atoms with Gasteiger partial charge in [0.1, 0.15) is 5.75 Å². The van der Waals surface area contributed by atoms with Gasteiger partial charge in [-0.3, -0.25) is 4.79 Å². The molecule has 2 heterocycles. The van der Waals surface area contributed by atoms with E-state index in [-0.39, 0.29) is 11.9 Å². The second-order valence-electron chi connectivity index (χ2n) is 5.27. The van der Waals surface area contributed by atoms with Crippen molar-refractivity contribution in [3.05, 3.63) is 18.2 Å². The Labute approximate surface area is 127 Å². The lowest BCUT2D eigenvalue weighted by Crippen LogP contribution is -2.39. The average Bonchev–Trinajstić information content (AvgIpc) is 3.04. The van der Waals surface area contributed by atoms with Gasteiger partial charge in [-0.25, -0.2) is 4.98 Å². The summed E-state index contributed by atoms with van der Waals surface area (Å²) in [7, 11) is 0. The highest BCUT2D eigenvalue weighted by Crippen LogP contribution is 2.29. The Bertz CT molecular complexity index is 655. The number of benzene rings is 1. The minimum absolute atomic E-state index is 0.00378. The van der Waals surface area contributed by atoms with E-state index >= 15 is 0 Å². The minimum Gasteiger partial charge on any atom is -0.494 e. The van der Waals surface area contributed by atoms with Gasteiger partial charge in [-0.1, -0.05) is 18.3 Å². The molecule has 2 atom stereocenters. The van der Waals surface area contributed by atoms with Gasteiger partial charge in [0.15, 0.2) is 5.13 Å². The van der Waals surface area contributed by atoms with Gasteiger partial charge in [-0.2, -0.15) is 0 Å². The Morgan fingerprint density at radius 1 is 1.57 bits per heavy atom. The number of amides is 1. The van der Waals surface area contributed by atoms with Crippen LogP contribution in [0.5, 0.6) is 5.75 Å². The zero-order chi connectivity index (χ0) is 14.8. The number of fused-ring (bicyclic) bond motifs is 1. The number of hydrogen-bond donors (Lipinski definition) is 2. The summed E-state index contributed by atoms with van der Waals surface area (Å²) in [6.07, 6.45) is 1.04. The van der Waals surface area contributed by atoms with Gasteiger partial charge in [-0.15, -0.1) is 0 Å². The molecule has 1 aromatic heterocycles. The minimum atomic E-state index is -0.115. The highest BCUT2D eigenvalue weighted by Gasteiger charge is 2.29. The number of nitrogens with one attached hydrogen (secondary N) is 2. The molecule has 2 aromatic rings. The molecule has 0 saturated carbocycles. The van der Waals surface area contributed by atoms with Crippen molar-refractivity contribution in [3.63, 3.8) is 0 Å². The van der Waals surface area contributed by atoms with Crippen molar-refractivity contribution in [2.75, 3.05) is 18.5 Å². The monoisotopic (exact) mass is 305 g/mol. The molecule has 2 N–H and O–H groups in total.